The number of nitrogens with zero attached hydrogens (tertiary/aromatic N) is 3. The molecule has 1 amide bonds. The van der Waals surface area contributed by atoms with Crippen LogP contribution in [0.3, 0.4) is 0 Å². The van der Waals surface area contributed by atoms with Gasteiger partial charge in [0, 0.05) is 38.2 Å². The first-order chi connectivity index (χ1) is 12.0. The molecule has 1 N–H and O–H groups in total. The Balaban J connectivity index is 1.70. The van der Waals surface area contributed by atoms with Crippen molar-refractivity contribution >= 4 is 11.9 Å². The molecular weight excluding hydrogens is 322 g/mol. The Morgan fingerprint density at radius 1 is 1.44 bits per heavy atom. The number of ether oxygens (including phenoxy) is 1. The maximum Gasteiger partial charge on any atom is 0.309 e. The van der Waals surface area contributed by atoms with Crippen LogP contribution < -0.4 is 4.74 Å². The topological polar surface area (TPSA) is 84.7 Å². The number of rotatable bonds is 4. The van der Waals surface area contributed by atoms with Crippen molar-refractivity contribution in [1.82, 2.24) is 14.7 Å². The third-order valence-corrected chi connectivity index (χ3v) is 4.92. The zero-order chi connectivity index (χ0) is 17.6. The van der Waals surface area contributed by atoms with Crippen molar-refractivity contribution in [2.75, 3.05) is 6.61 Å². The molecule has 2 atom stereocenters. The van der Waals surface area contributed by atoms with Gasteiger partial charge in [0.05, 0.1) is 24.8 Å². The number of carbonyl (C=O) groups is 2. The van der Waals surface area contributed by atoms with Gasteiger partial charge in [-0.15, -0.1) is 0 Å². The fourth-order valence-electron chi connectivity index (χ4n) is 3.75. The molecule has 1 fully saturated rings. The minimum atomic E-state index is -0.941. The summed E-state index contributed by atoms with van der Waals surface area (Å²) < 4.78 is 7.20. The van der Waals surface area contributed by atoms with E-state index in [4.69, 9.17) is 4.74 Å². The number of aromatic nitrogens is 2. The highest BCUT2D eigenvalue weighted by atomic mass is 16.5. The van der Waals surface area contributed by atoms with E-state index in [0.29, 0.717) is 13.2 Å². The number of likely N-dealkylation sites (tertiary alicyclic amines) is 1. The Morgan fingerprint density at radius 3 is 3.00 bits per heavy atom. The SMILES string of the molecule is Cn1cc(CN2C(=O)C[C@H](C(=O)O)[C@H]2c2ccc3c(c2)CCO3)cn1. The van der Waals surface area contributed by atoms with Crippen molar-refractivity contribution in [1.29, 1.82) is 0 Å². The van der Waals surface area contributed by atoms with Crippen LogP contribution in [0.4, 0.5) is 0 Å². The van der Waals surface area contributed by atoms with E-state index < -0.39 is 17.9 Å². The van der Waals surface area contributed by atoms with E-state index in [9.17, 15) is 14.7 Å². The summed E-state index contributed by atoms with van der Waals surface area (Å²) in [6, 6.07) is 5.26. The van der Waals surface area contributed by atoms with E-state index in [1.165, 1.54) is 0 Å². The summed E-state index contributed by atoms with van der Waals surface area (Å²) in [6.45, 7) is 0.999. The average Bonchev–Trinajstić information content (AvgIpc) is 3.27. The van der Waals surface area contributed by atoms with Crippen LogP contribution in [0, 0.1) is 5.92 Å². The van der Waals surface area contributed by atoms with Gasteiger partial charge in [0.2, 0.25) is 5.91 Å². The van der Waals surface area contributed by atoms with Gasteiger partial charge in [0.15, 0.2) is 0 Å². The predicted octanol–water partition coefficient (Wildman–Crippen LogP) is 1.53. The van der Waals surface area contributed by atoms with Crippen LogP contribution in [0.5, 0.6) is 5.75 Å². The van der Waals surface area contributed by atoms with Crippen LogP contribution in [-0.4, -0.2) is 38.3 Å². The average molecular weight is 341 g/mol. The first kappa shape index (κ1) is 15.7. The van der Waals surface area contributed by atoms with E-state index >= 15 is 0 Å². The molecule has 1 aromatic heterocycles. The molecule has 7 nitrogen and oxygen atoms in total. The summed E-state index contributed by atoms with van der Waals surface area (Å²) in [4.78, 5) is 25.9. The minimum absolute atomic E-state index is 0.0217. The molecule has 3 heterocycles. The van der Waals surface area contributed by atoms with Crippen molar-refractivity contribution in [2.45, 2.75) is 25.4 Å². The molecule has 4 rings (SSSR count). The number of carboxylic acids is 1. The van der Waals surface area contributed by atoms with E-state index in [1.54, 1.807) is 15.8 Å². The molecule has 0 bridgehead atoms. The Morgan fingerprint density at radius 2 is 2.28 bits per heavy atom. The van der Waals surface area contributed by atoms with Crippen molar-refractivity contribution in [2.24, 2.45) is 13.0 Å². The number of hydrogen-bond acceptors (Lipinski definition) is 4. The van der Waals surface area contributed by atoms with Gasteiger partial charge in [-0.3, -0.25) is 14.3 Å². The second-order valence-corrected chi connectivity index (χ2v) is 6.60. The lowest BCUT2D eigenvalue weighted by atomic mass is 9.92. The van der Waals surface area contributed by atoms with Gasteiger partial charge in [-0.05, 0) is 23.3 Å². The van der Waals surface area contributed by atoms with Crippen LogP contribution in [0.1, 0.15) is 29.2 Å². The Bertz CT molecular complexity index is 845. The second-order valence-electron chi connectivity index (χ2n) is 6.60. The quantitative estimate of drug-likeness (QED) is 0.912. The molecular formula is C18H19N3O4. The molecule has 0 aliphatic carbocycles. The lowest BCUT2D eigenvalue weighted by Gasteiger charge is -2.27. The largest absolute Gasteiger partial charge is 0.493 e. The maximum absolute atomic E-state index is 12.5. The Labute approximate surface area is 144 Å². The Kier molecular flexibility index (Phi) is 3.71. The molecule has 130 valence electrons. The molecule has 0 radical (unpaired) electrons. The van der Waals surface area contributed by atoms with Crippen LogP contribution in [0.2, 0.25) is 0 Å². The van der Waals surface area contributed by atoms with E-state index in [-0.39, 0.29) is 12.3 Å². The highest BCUT2D eigenvalue weighted by Gasteiger charge is 2.44. The normalized spacial score (nSPS) is 22.1. The molecule has 2 aliphatic rings. The summed E-state index contributed by atoms with van der Waals surface area (Å²) in [6.07, 6.45) is 4.38. The third kappa shape index (κ3) is 2.75. The van der Waals surface area contributed by atoms with Gasteiger partial charge in [-0.1, -0.05) is 6.07 Å². The number of amides is 1. The number of carboxylic acid groups (broad SMARTS) is 1. The van der Waals surface area contributed by atoms with Crippen LogP contribution in [0.25, 0.3) is 0 Å². The standard InChI is InChI=1S/C18H19N3O4/c1-20-9-11(8-19-20)10-21-16(22)7-14(18(23)24)17(21)13-2-3-15-12(6-13)4-5-25-15/h2-3,6,8-9,14,17H,4-5,7,10H2,1H3,(H,23,24)/t14-,17+/m0/s1. The Hall–Kier alpha value is -2.83. The van der Waals surface area contributed by atoms with Crippen LogP contribution >= 0.6 is 0 Å². The van der Waals surface area contributed by atoms with Gasteiger partial charge in [-0.2, -0.15) is 5.10 Å². The summed E-state index contributed by atoms with van der Waals surface area (Å²) in [5.74, 6) is -0.981. The zero-order valence-corrected chi connectivity index (χ0v) is 13.9. The predicted molar refractivity (Wildman–Crippen MR) is 87.9 cm³/mol. The fourth-order valence-corrected chi connectivity index (χ4v) is 3.75. The van der Waals surface area contributed by atoms with Gasteiger partial charge in [0.1, 0.15) is 5.75 Å². The molecule has 7 heteroatoms. The number of carbonyl (C=O) groups excluding carboxylic acids is 1. The van der Waals surface area contributed by atoms with Gasteiger partial charge >= 0.3 is 5.97 Å². The van der Waals surface area contributed by atoms with Gasteiger partial charge in [0.25, 0.3) is 0 Å². The minimum Gasteiger partial charge on any atom is -0.493 e. The van der Waals surface area contributed by atoms with Crippen molar-refractivity contribution < 1.29 is 19.4 Å². The summed E-state index contributed by atoms with van der Waals surface area (Å²) in [5.41, 5.74) is 2.81. The molecule has 1 saturated heterocycles. The van der Waals surface area contributed by atoms with Crippen LogP contribution in [0.15, 0.2) is 30.6 Å². The lowest BCUT2D eigenvalue weighted by molar-refractivity contribution is -0.142. The van der Waals surface area contributed by atoms with Crippen LogP contribution in [-0.2, 0) is 29.6 Å². The van der Waals surface area contributed by atoms with E-state index in [1.807, 2.05) is 31.4 Å². The smallest absolute Gasteiger partial charge is 0.309 e. The number of aliphatic carboxylic acids is 1. The third-order valence-electron chi connectivity index (χ3n) is 4.92. The molecule has 0 spiro atoms. The highest BCUT2D eigenvalue weighted by Crippen LogP contribution is 2.41. The summed E-state index contributed by atoms with van der Waals surface area (Å²) in [7, 11) is 1.81. The molecule has 0 saturated carbocycles. The maximum atomic E-state index is 12.5. The number of aryl methyl sites for hydroxylation is 1. The number of hydrogen-bond donors (Lipinski definition) is 1. The zero-order valence-electron chi connectivity index (χ0n) is 13.9. The first-order valence-corrected chi connectivity index (χ1v) is 8.28. The van der Waals surface area contributed by atoms with Crippen molar-refractivity contribution in [3.8, 4) is 5.75 Å². The molecule has 0 unspecified atom stereocenters. The van der Waals surface area contributed by atoms with Crippen molar-refractivity contribution in [3.63, 3.8) is 0 Å². The molecule has 25 heavy (non-hydrogen) atoms. The molecule has 1 aromatic carbocycles. The lowest BCUT2D eigenvalue weighted by Crippen LogP contribution is -2.30. The summed E-state index contributed by atoms with van der Waals surface area (Å²) >= 11 is 0. The highest BCUT2D eigenvalue weighted by molar-refractivity contribution is 5.87. The second kappa shape index (κ2) is 5.91. The fraction of sp³-hybridized carbons (Fsp3) is 0.389. The molecule has 2 aromatic rings. The van der Waals surface area contributed by atoms with E-state index in [2.05, 4.69) is 5.10 Å². The van der Waals surface area contributed by atoms with Gasteiger partial charge < -0.3 is 14.7 Å². The van der Waals surface area contributed by atoms with E-state index in [0.717, 1.165) is 28.9 Å². The summed E-state index contributed by atoms with van der Waals surface area (Å²) in [5, 5.41) is 13.8. The number of benzene rings is 1. The monoisotopic (exact) mass is 341 g/mol. The molecule has 2 aliphatic heterocycles. The first-order valence-electron chi connectivity index (χ1n) is 8.28. The van der Waals surface area contributed by atoms with Crippen molar-refractivity contribution in [3.05, 3.63) is 47.3 Å². The van der Waals surface area contributed by atoms with Gasteiger partial charge in [-0.25, -0.2) is 0 Å². The number of fused-ring (bicyclic) bond motifs is 1.